The van der Waals surface area contributed by atoms with Gasteiger partial charge >= 0.3 is 12.0 Å². The van der Waals surface area contributed by atoms with Gasteiger partial charge in [-0.3, -0.25) is 4.79 Å². The van der Waals surface area contributed by atoms with Crippen LogP contribution in [0.4, 0.5) is 27.5 Å². The van der Waals surface area contributed by atoms with Crippen LogP contribution < -0.4 is 27.0 Å². The number of para-hydroxylation sites is 2. The molecule has 6 N–H and O–H groups in total. The molecular formula is C26H29N5O4. The smallest absolute Gasteiger partial charge is 0.340 e. The van der Waals surface area contributed by atoms with Gasteiger partial charge in [-0.05, 0) is 43.2 Å². The summed E-state index contributed by atoms with van der Waals surface area (Å²) in [7, 11) is 2.80. The Morgan fingerprint density at radius 3 is 2.06 bits per heavy atom. The Bertz CT molecular complexity index is 1180. The number of nitrogens with two attached hydrogens (primary N) is 1. The Balaban J connectivity index is 2.16. The Labute approximate surface area is 204 Å². The molecule has 0 spiro atoms. The van der Waals surface area contributed by atoms with E-state index >= 15 is 0 Å². The zero-order valence-electron chi connectivity index (χ0n) is 19.7. The van der Waals surface area contributed by atoms with Crippen LogP contribution in [-0.4, -0.2) is 38.6 Å². The predicted molar refractivity (Wildman–Crippen MR) is 137 cm³/mol. The Kier molecular flexibility index (Phi) is 8.66. The van der Waals surface area contributed by atoms with Crippen LogP contribution in [0.25, 0.3) is 0 Å². The van der Waals surface area contributed by atoms with Gasteiger partial charge in [-0.25, -0.2) is 9.59 Å². The van der Waals surface area contributed by atoms with E-state index in [0.29, 0.717) is 30.8 Å². The van der Waals surface area contributed by atoms with Crippen molar-refractivity contribution in [3.8, 4) is 0 Å². The third-order valence-electron chi connectivity index (χ3n) is 5.30. The van der Waals surface area contributed by atoms with Crippen molar-refractivity contribution < 1.29 is 19.1 Å². The maximum absolute atomic E-state index is 12.9. The minimum Gasteiger partial charge on any atom is -0.465 e. The topological polar surface area (TPSA) is 135 Å². The summed E-state index contributed by atoms with van der Waals surface area (Å²) in [5.41, 5.74) is 9.05. The number of hydrogen-bond acceptors (Lipinski definition) is 6. The number of nitrogens with one attached hydrogen (secondary N) is 4. The second-order valence-corrected chi connectivity index (χ2v) is 7.65. The molecule has 0 atom stereocenters. The Morgan fingerprint density at radius 1 is 0.914 bits per heavy atom. The standard InChI is InChI=1S/C26H29N5O4/c1-28-26(34)29-15-9-14-19-21(30-17-10-5-3-6-11-17)16-20(24(27)32)22(25(33)35-2)23(19)31-18-12-7-4-8-13-18/h3-8,10-13,16,30-31H,9,14-15H2,1-2H3,(H2,27,32)(H2,28,29,34). The summed E-state index contributed by atoms with van der Waals surface area (Å²) in [6, 6.07) is 20.0. The maximum atomic E-state index is 12.9. The highest BCUT2D eigenvalue weighted by Gasteiger charge is 2.26. The molecule has 9 nitrogen and oxygen atoms in total. The number of ether oxygens (including phenoxy) is 1. The van der Waals surface area contributed by atoms with Crippen LogP contribution in [0, 0.1) is 0 Å². The van der Waals surface area contributed by atoms with Gasteiger partial charge in [0.1, 0.15) is 0 Å². The first-order valence-corrected chi connectivity index (χ1v) is 11.1. The molecule has 3 aromatic carbocycles. The van der Waals surface area contributed by atoms with Crippen LogP contribution in [0.3, 0.4) is 0 Å². The zero-order valence-corrected chi connectivity index (χ0v) is 19.7. The molecule has 3 rings (SSSR count). The van der Waals surface area contributed by atoms with Crippen molar-refractivity contribution in [3.63, 3.8) is 0 Å². The molecule has 3 amide bonds. The second-order valence-electron chi connectivity index (χ2n) is 7.65. The van der Waals surface area contributed by atoms with Gasteiger partial charge in [-0.1, -0.05) is 36.4 Å². The van der Waals surface area contributed by atoms with Gasteiger partial charge in [0.25, 0.3) is 0 Å². The van der Waals surface area contributed by atoms with Crippen LogP contribution in [0.1, 0.15) is 32.7 Å². The summed E-state index contributed by atoms with van der Waals surface area (Å²) in [6.45, 7) is 0.403. The average molecular weight is 476 g/mol. The van der Waals surface area contributed by atoms with E-state index < -0.39 is 11.9 Å². The van der Waals surface area contributed by atoms with E-state index in [-0.39, 0.29) is 17.2 Å². The van der Waals surface area contributed by atoms with Crippen molar-refractivity contribution in [2.24, 2.45) is 5.73 Å². The number of urea groups is 1. The van der Waals surface area contributed by atoms with E-state index in [1.807, 2.05) is 60.7 Å². The van der Waals surface area contributed by atoms with Gasteiger partial charge in [-0.2, -0.15) is 0 Å². The fourth-order valence-corrected chi connectivity index (χ4v) is 3.64. The lowest BCUT2D eigenvalue weighted by Gasteiger charge is -2.22. The average Bonchev–Trinajstić information content (AvgIpc) is 2.88. The third kappa shape index (κ3) is 6.50. The van der Waals surface area contributed by atoms with Crippen molar-refractivity contribution in [3.05, 3.63) is 83.4 Å². The van der Waals surface area contributed by atoms with E-state index in [1.165, 1.54) is 7.11 Å². The second kappa shape index (κ2) is 12.1. The zero-order chi connectivity index (χ0) is 25.2. The molecule has 0 aromatic heterocycles. The molecule has 35 heavy (non-hydrogen) atoms. The SMILES string of the molecule is CNC(=O)NCCCc1c(Nc2ccccc2)cc(C(N)=O)c(C(=O)OC)c1Nc1ccccc1. The van der Waals surface area contributed by atoms with E-state index in [9.17, 15) is 14.4 Å². The van der Waals surface area contributed by atoms with Gasteiger partial charge in [0, 0.05) is 36.2 Å². The number of carbonyl (C=O) groups is 3. The fourth-order valence-electron chi connectivity index (χ4n) is 3.64. The quantitative estimate of drug-likeness (QED) is 0.223. The summed E-state index contributed by atoms with van der Waals surface area (Å²) in [5.74, 6) is -1.45. The minimum absolute atomic E-state index is 0.0287. The van der Waals surface area contributed by atoms with Gasteiger partial charge in [-0.15, -0.1) is 0 Å². The molecule has 0 aliphatic carbocycles. The van der Waals surface area contributed by atoms with E-state index in [1.54, 1.807) is 13.1 Å². The van der Waals surface area contributed by atoms with Crippen LogP contribution in [-0.2, 0) is 11.2 Å². The van der Waals surface area contributed by atoms with E-state index in [4.69, 9.17) is 10.5 Å². The first-order valence-electron chi connectivity index (χ1n) is 11.1. The van der Waals surface area contributed by atoms with E-state index in [2.05, 4.69) is 21.3 Å². The highest BCUT2D eigenvalue weighted by atomic mass is 16.5. The number of benzene rings is 3. The summed E-state index contributed by atoms with van der Waals surface area (Å²) in [5, 5.41) is 11.9. The third-order valence-corrected chi connectivity index (χ3v) is 5.30. The molecule has 0 aliphatic rings. The Hall–Kier alpha value is -4.53. The fraction of sp³-hybridized carbons (Fsp3) is 0.192. The van der Waals surface area contributed by atoms with Crippen LogP contribution in [0.15, 0.2) is 66.7 Å². The number of primary amides is 1. The molecule has 0 unspecified atom stereocenters. The number of carbonyl (C=O) groups excluding carboxylic acids is 3. The van der Waals surface area contributed by atoms with Crippen molar-refractivity contribution in [2.45, 2.75) is 12.8 Å². The molecule has 0 saturated heterocycles. The highest BCUT2D eigenvalue weighted by molar-refractivity contribution is 6.10. The number of hydrogen-bond donors (Lipinski definition) is 5. The summed E-state index contributed by atoms with van der Waals surface area (Å²) < 4.78 is 5.02. The lowest BCUT2D eigenvalue weighted by Crippen LogP contribution is -2.33. The number of methoxy groups -OCH3 is 1. The number of esters is 1. The van der Waals surface area contributed by atoms with Crippen LogP contribution in [0.5, 0.6) is 0 Å². The first-order chi connectivity index (χ1) is 16.9. The number of anilines is 4. The molecular weight excluding hydrogens is 446 g/mol. The van der Waals surface area contributed by atoms with Crippen LogP contribution >= 0.6 is 0 Å². The monoisotopic (exact) mass is 475 g/mol. The molecule has 9 heteroatoms. The minimum atomic E-state index is -0.759. The molecule has 0 saturated carbocycles. The summed E-state index contributed by atoms with van der Waals surface area (Å²) >= 11 is 0. The Morgan fingerprint density at radius 2 is 1.51 bits per heavy atom. The van der Waals surface area contributed by atoms with E-state index in [0.717, 1.165) is 16.9 Å². The maximum Gasteiger partial charge on any atom is 0.340 e. The lowest BCUT2D eigenvalue weighted by molar-refractivity contribution is 0.0598. The first kappa shape index (κ1) is 25.1. The highest BCUT2D eigenvalue weighted by Crippen LogP contribution is 2.37. The molecule has 0 radical (unpaired) electrons. The molecule has 0 bridgehead atoms. The van der Waals surface area contributed by atoms with Gasteiger partial charge in [0.2, 0.25) is 5.91 Å². The lowest BCUT2D eigenvalue weighted by atomic mass is 9.94. The van der Waals surface area contributed by atoms with Crippen molar-refractivity contribution >= 4 is 40.7 Å². The van der Waals surface area contributed by atoms with Gasteiger partial charge in [0.05, 0.1) is 23.9 Å². The van der Waals surface area contributed by atoms with Crippen molar-refractivity contribution in [2.75, 3.05) is 31.3 Å². The molecule has 0 fully saturated rings. The van der Waals surface area contributed by atoms with Crippen molar-refractivity contribution in [1.82, 2.24) is 10.6 Å². The van der Waals surface area contributed by atoms with Crippen molar-refractivity contribution in [1.29, 1.82) is 0 Å². The molecule has 0 aliphatic heterocycles. The normalized spacial score (nSPS) is 10.2. The summed E-state index contributed by atoms with van der Waals surface area (Å²) in [4.78, 5) is 36.9. The summed E-state index contributed by atoms with van der Waals surface area (Å²) in [6.07, 6.45) is 1.04. The van der Waals surface area contributed by atoms with Crippen LogP contribution in [0.2, 0.25) is 0 Å². The number of amides is 3. The molecule has 182 valence electrons. The largest absolute Gasteiger partial charge is 0.465 e. The predicted octanol–water partition coefficient (Wildman–Crippen LogP) is 3.92. The van der Waals surface area contributed by atoms with Gasteiger partial charge in [0.15, 0.2) is 0 Å². The molecule has 0 heterocycles. The molecule has 3 aromatic rings. The number of rotatable bonds is 10. The van der Waals surface area contributed by atoms with Gasteiger partial charge < -0.3 is 31.7 Å².